The second-order valence-corrected chi connectivity index (χ2v) is 10.8. The summed E-state index contributed by atoms with van der Waals surface area (Å²) in [6, 6.07) is 2.33. The van der Waals surface area contributed by atoms with E-state index in [1.165, 1.54) is 0 Å². The molecule has 1 unspecified atom stereocenters. The van der Waals surface area contributed by atoms with Gasteiger partial charge in [0.1, 0.15) is 23.3 Å². The molecule has 2 N–H and O–H groups in total. The van der Waals surface area contributed by atoms with Crippen molar-refractivity contribution in [2.75, 3.05) is 35.7 Å². The third kappa shape index (κ3) is 3.74. The average molecular weight is 473 g/mol. The van der Waals surface area contributed by atoms with Crippen molar-refractivity contribution in [3.05, 3.63) is 34.5 Å². The van der Waals surface area contributed by atoms with Gasteiger partial charge >= 0.3 is 0 Å². The molecular formula is C22H25ClN6O2S. The largest absolute Gasteiger partial charge is 0.394 e. The van der Waals surface area contributed by atoms with Crippen LogP contribution in [0.15, 0.2) is 17.3 Å². The molecule has 0 bridgehead atoms. The molecule has 2 aromatic rings. The maximum atomic E-state index is 12.8. The summed E-state index contributed by atoms with van der Waals surface area (Å²) in [6.45, 7) is 1.44. The summed E-state index contributed by atoms with van der Waals surface area (Å²) in [7, 11) is -1.19. The Morgan fingerprint density at radius 2 is 2.03 bits per heavy atom. The van der Waals surface area contributed by atoms with Crippen LogP contribution in [0.1, 0.15) is 55.1 Å². The molecule has 5 rings (SSSR count). The van der Waals surface area contributed by atoms with Crippen LogP contribution in [-0.4, -0.2) is 55.3 Å². The Kier molecular flexibility index (Phi) is 5.78. The molecular weight excluding hydrogens is 448 g/mol. The molecule has 0 spiro atoms. The van der Waals surface area contributed by atoms with Gasteiger partial charge in [0.15, 0.2) is 0 Å². The van der Waals surface area contributed by atoms with Crippen LogP contribution in [0.2, 0.25) is 5.02 Å². The highest BCUT2D eigenvalue weighted by atomic mass is 35.5. The molecule has 1 aliphatic carbocycles. The fourth-order valence-electron chi connectivity index (χ4n) is 4.84. The fourth-order valence-corrected chi connectivity index (χ4v) is 6.31. The van der Waals surface area contributed by atoms with Crippen LogP contribution >= 0.6 is 11.6 Å². The first kappa shape index (κ1) is 21.6. The number of halogens is 1. The van der Waals surface area contributed by atoms with Crippen LogP contribution in [-0.2, 0) is 17.2 Å². The van der Waals surface area contributed by atoms with Crippen LogP contribution in [0.25, 0.3) is 0 Å². The lowest BCUT2D eigenvalue weighted by atomic mass is 9.77. The Morgan fingerprint density at radius 3 is 2.62 bits per heavy atom. The highest BCUT2D eigenvalue weighted by molar-refractivity contribution is 7.85. The Morgan fingerprint density at radius 1 is 1.31 bits per heavy atom. The van der Waals surface area contributed by atoms with Gasteiger partial charge in [-0.05, 0) is 32.1 Å². The molecule has 32 heavy (non-hydrogen) atoms. The highest BCUT2D eigenvalue weighted by Crippen LogP contribution is 2.43. The average Bonchev–Trinajstić information content (AvgIpc) is 3.17. The first-order valence-corrected chi connectivity index (χ1v) is 12.7. The molecule has 3 aliphatic rings. The number of nitrogens with one attached hydrogen (secondary N) is 1. The topological polar surface area (TPSA) is 115 Å². The zero-order valence-electron chi connectivity index (χ0n) is 17.7. The molecule has 2 fully saturated rings. The van der Waals surface area contributed by atoms with E-state index >= 15 is 0 Å². The number of rotatable bonds is 5. The number of anilines is 2. The third-order valence-electron chi connectivity index (χ3n) is 6.87. The standard InChI is InChI=1S/C22H25ClN6O2S/c23-15-11-25-20(26-12-15)14-2-7-29(8-3-14)21-16(10-24)18(28-22(13-30)5-1-6-22)19-17(27-21)4-9-32(19)31/h11-12,14,30H,1-9,13H2,(H,27,28). The summed E-state index contributed by atoms with van der Waals surface area (Å²) in [5.74, 6) is 2.20. The normalized spacial score (nSPS) is 22.2. The zero-order chi connectivity index (χ0) is 22.3. The number of nitriles is 1. The van der Waals surface area contributed by atoms with E-state index in [0.717, 1.165) is 56.7 Å². The van der Waals surface area contributed by atoms with Crippen molar-refractivity contribution in [2.45, 2.75) is 54.9 Å². The van der Waals surface area contributed by atoms with E-state index in [-0.39, 0.29) is 12.5 Å². The Hall–Kier alpha value is -2.28. The minimum atomic E-state index is -1.19. The first-order chi connectivity index (χ1) is 15.5. The van der Waals surface area contributed by atoms with E-state index in [9.17, 15) is 14.6 Å². The van der Waals surface area contributed by atoms with E-state index in [1.54, 1.807) is 12.4 Å². The predicted molar refractivity (Wildman–Crippen MR) is 122 cm³/mol. The van der Waals surface area contributed by atoms with Gasteiger partial charge in [0.25, 0.3) is 0 Å². The summed E-state index contributed by atoms with van der Waals surface area (Å²) < 4.78 is 12.8. The van der Waals surface area contributed by atoms with Gasteiger partial charge in [-0.1, -0.05) is 11.6 Å². The van der Waals surface area contributed by atoms with Crippen molar-refractivity contribution in [1.82, 2.24) is 15.0 Å². The number of pyridine rings is 1. The molecule has 10 heteroatoms. The van der Waals surface area contributed by atoms with E-state index in [1.807, 2.05) is 0 Å². The van der Waals surface area contributed by atoms with Crippen molar-refractivity contribution >= 4 is 33.9 Å². The lowest BCUT2D eigenvalue weighted by Crippen LogP contribution is -2.48. The van der Waals surface area contributed by atoms with Crippen molar-refractivity contribution < 1.29 is 9.32 Å². The van der Waals surface area contributed by atoms with E-state index in [0.29, 0.717) is 39.2 Å². The molecule has 1 saturated heterocycles. The predicted octanol–water partition coefficient (Wildman–Crippen LogP) is 2.77. The molecule has 4 heterocycles. The summed E-state index contributed by atoms with van der Waals surface area (Å²) in [4.78, 5) is 16.4. The van der Waals surface area contributed by atoms with Crippen LogP contribution in [0, 0.1) is 11.3 Å². The maximum Gasteiger partial charge on any atom is 0.149 e. The second kappa shape index (κ2) is 8.58. The number of hydrogen-bond donors (Lipinski definition) is 2. The van der Waals surface area contributed by atoms with Crippen molar-refractivity contribution in [3.63, 3.8) is 0 Å². The minimum absolute atomic E-state index is 0.0105. The second-order valence-electron chi connectivity index (χ2n) is 8.81. The molecule has 8 nitrogen and oxygen atoms in total. The van der Waals surface area contributed by atoms with E-state index in [4.69, 9.17) is 16.6 Å². The van der Waals surface area contributed by atoms with E-state index in [2.05, 4.69) is 26.3 Å². The SMILES string of the molecule is N#Cc1c(N2CCC(c3ncc(Cl)cn3)CC2)nc2c(c1NC1(CO)CCC1)S(=O)CC2. The van der Waals surface area contributed by atoms with Gasteiger partial charge in [-0.2, -0.15) is 5.26 Å². The van der Waals surface area contributed by atoms with Crippen LogP contribution in [0.3, 0.4) is 0 Å². The third-order valence-corrected chi connectivity index (χ3v) is 8.54. The van der Waals surface area contributed by atoms with Gasteiger partial charge in [0.2, 0.25) is 0 Å². The smallest absolute Gasteiger partial charge is 0.149 e. The molecule has 0 radical (unpaired) electrons. The lowest BCUT2D eigenvalue weighted by Gasteiger charge is -2.42. The maximum absolute atomic E-state index is 12.8. The van der Waals surface area contributed by atoms with Crippen LogP contribution < -0.4 is 10.2 Å². The van der Waals surface area contributed by atoms with Gasteiger partial charge in [0, 0.05) is 43.6 Å². The minimum Gasteiger partial charge on any atom is -0.394 e. The number of aliphatic hydroxyl groups is 1. The Balaban J connectivity index is 1.46. The molecule has 2 aliphatic heterocycles. The van der Waals surface area contributed by atoms with Crippen molar-refractivity contribution in [2.24, 2.45) is 0 Å². The van der Waals surface area contributed by atoms with E-state index < -0.39 is 16.3 Å². The Labute approximate surface area is 194 Å². The van der Waals surface area contributed by atoms with Crippen LogP contribution in [0.4, 0.5) is 11.5 Å². The van der Waals surface area contributed by atoms with Gasteiger partial charge in [-0.15, -0.1) is 0 Å². The number of aryl methyl sites for hydroxylation is 1. The van der Waals surface area contributed by atoms with Crippen molar-refractivity contribution in [1.29, 1.82) is 5.26 Å². The number of aliphatic hydroxyl groups excluding tert-OH is 1. The summed E-state index contributed by atoms with van der Waals surface area (Å²) in [5.41, 5.74) is 1.40. The number of hydrogen-bond acceptors (Lipinski definition) is 8. The number of nitrogens with zero attached hydrogens (tertiary/aromatic N) is 5. The Bertz CT molecular complexity index is 1090. The molecule has 1 atom stereocenters. The monoisotopic (exact) mass is 472 g/mol. The quantitative estimate of drug-likeness (QED) is 0.682. The van der Waals surface area contributed by atoms with Gasteiger partial charge in [-0.3, -0.25) is 4.21 Å². The first-order valence-electron chi connectivity index (χ1n) is 11.0. The number of fused-ring (bicyclic) bond motifs is 1. The summed E-state index contributed by atoms with van der Waals surface area (Å²) in [6.07, 6.45) is 8.28. The molecule has 0 amide bonds. The molecule has 1 saturated carbocycles. The highest BCUT2D eigenvalue weighted by Gasteiger charge is 2.40. The molecule has 168 valence electrons. The van der Waals surface area contributed by atoms with Crippen LogP contribution in [0.5, 0.6) is 0 Å². The lowest BCUT2D eigenvalue weighted by molar-refractivity contribution is 0.144. The summed E-state index contributed by atoms with van der Waals surface area (Å²) >= 11 is 5.91. The summed E-state index contributed by atoms with van der Waals surface area (Å²) in [5, 5.41) is 24.1. The fraction of sp³-hybridized carbons (Fsp3) is 0.545. The number of piperidine rings is 1. The van der Waals surface area contributed by atoms with Gasteiger partial charge in [-0.25, -0.2) is 15.0 Å². The molecule has 2 aromatic heterocycles. The molecule has 0 aromatic carbocycles. The van der Waals surface area contributed by atoms with Crippen molar-refractivity contribution in [3.8, 4) is 6.07 Å². The van der Waals surface area contributed by atoms with Gasteiger partial charge < -0.3 is 15.3 Å². The van der Waals surface area contributed by atoms with Gasteiger partial charge in [0.05, 0.1) is 44.2 Å². The number of aromatic nitrogens is 3. The zero-order valence-corrected chi connectivity index (χ0v) is 19.3.